The van der Waals surface area contributed by atoms with Crippen LogP contribution in [0.3, 0.4) is 0 Å². The number of halogens is 1. The molecule has 0 N–H and O–H groups in total. The van der Waals surface area contributed by atoms with Gasteiger partial charge in [-0.25, -0.2) is 24.3 Å². The van der Waals surface area contributed by atoms with Gasteiger partial charge in [0.25, 0.3) is 0 Å². The Kier molecular flexibility index (Phi) is 3.58. The van der Waals surface area contributed by atoms with Crippen molar-refractivity contribution in [2.45, 2.75) is 45.2 Å². The van der Waals surface area contributed by atoms with Crippen molar-refractivity contribution in [2.75, 3.05) is 22.9 Å². The molecule has 6 nitrogen and oxygen atoms in total. The number of anilines is 2. The van der Waals surface area contributed by atoms with Crippen LogP contribution in [-0.2, 0) is 0 Å². The summed E-state index contributed by atoms with van der Waals surface area (Å²) in [5, 5.41) is 0. The van der Waals surface area contributed by atoms with Gasteiger partial charge in [-0.15, -0.1) is 0 Å². The van der Waals surface area contributed by atoms with Crippen molar-refractivity contribution < 1.29 is 4.39 Å². The molecule has 3 aliphatic heterocycles. The molecule has 24 heavy (non-hydrogen) atoms. The zero-order chi connectivity index (χ0) is 16.8. The first-order valence-corrected chi connectivity index (χ1v) is 8.38. The van der Waals surface area contributed by atoms with Crippen molar-refractivity contribution in [2.24, 2.45) is 0 Å². The molecular formula is C17H21FN6. The standard InChI is InChI=1S/C17H21FN6/c1-10(2)15-14(18)16(21-9-20-15)24-12-6-13(24)8-23(7-12)17-19-5-4-11(3)22-17/h4-5,9-10,12-13H,6-8H2,1-3H3. The summed E-state index contributed by atoms with van der Waals surface area (Å²) in [6.07, 6.45) is 4.32. The zero-order valence-electron chi connectivity index (χ0n) is 14.1. The van der Waals surface area contributed by atoms with Crippen LogP contribution in [0.5, 0.6) is 0 Å². The molecule has 3 aliphatic rings. The van der Waals surface area contributed by atoms with E-state index in [0.717, 1.165) is 31.2 Å². The molecule has 0 aliphatic carbocycles. The molecule has 5 heterocycles. The summed E-state index contributed by atoms with van der Waals surface area (Å²) < 4.78 is 14.8. The molecule has 5 rings (SSSR count). The van der Waals surface area contributed by atoms with Gasteiger partial charge in [-0.3, -0.25) is 0 Å². The van der Waals surface area contributed by atoms with E-state index in [1.165, 1.54) is 6.33 Å². The van der Waals surface area contributed by atoms with E-state index in [4.69, 9.17) is 0 Å². The minimum atomic E-state index is -0.276. The first kappa shape index (κ1) is 15.2. The normalized spacial score (nSPS) is 22.7. The highest BCUT2D eigenvalue weighted by Crippen LogP contribution is 2.38. The fourth-order valence-electron chi connectivity index (χ4n) is 3.66. The summed E-state index contributed by atoms with van der Waals surface area (Å²) in [4.78, 5) is 21.5. The van der Waals surface area contributed by atoms with Crippen molar-refractivity contribution in [1.29, 1.82) is 0 Å². The first-order valence-electron chi connectivity index (χ1n) is 8.38. The van der Waals surface area contributed by atoms with E-state index in [1.54, 1.807) is 6.20 Å². The average molecular weight is 328 g/mol. The lowest BCUT2D eigenvalue weighted by molar-refractivity contribution is 0.282. The Morgan fingerprint density at radius 2 is 1.92 bits per heavy atom. The topological polar surface area (TPSA) is 58.0 Å². The maximum absolute atomic E-state index is 14.8. The molecule has 2 atom stereocenters. The zero-order valence-corrected chi connectivity index (χ0v) is 14.1. The molecule has 0 aromatic carbocycles. The molecule has 7 heteroatoms. The van der Waals surface area contributed by atoms with E-state index in [1.807, 2.05) is 26.8 Å². The number of hydrogen-bond donors (Lipinski definition) is 0. The minimum Gasteiger partial charge on any atom is -0.344 e. The van der Waals surface area contributed by atoms with Crippen LogP contribution in [0.2, 0.25) is 0 Å². The van der Waals surface area contributed by atoms with Gasteiger partial charge in [0.15, 0.2) is 11.6 Å². The third-order valence-corrected chi connectivity index (χ3v) is 4.85. The second kappa shape index (κ2) is 5.65. The number of hydrogen-bond acceptors (Lipinski definition) is 6. The van der Waals surface area contributed by atoms with E-state index in [2.05, 4.69) is 29.7 Å². The molecule has 2 aromatic heterocycles. The number of nitrogens with zero attached hydrogens (tertiary/aromatic N) is 6. The molecular weight excluding hydrogens is 307 g/mol. The summed E-state index contributed by atoms with van der Waals surface area (Å²) in [5.41, 5.74) is 1.45. The molecule has 3 fully saturated rings. The van der Waals surface area contributed by atoms with Crippen LogP contribution in [0.15, 0.2) is 18.6 Å². The number of aromatic nitrogens is 4. The van der Waals surface area contributed by atoms with Crippen molar-refractivity contribution >= 4 is 11.8 Å². The highest BCUT2D eigenvalue weighted by Gasteiger charge is 2.47. The monoisotopic (exact) mass is 328 g/mol. The van der Waals surface area contributed by atoms with Crippen molar-refractivity contribution in [3.8, 4) is 0 Å². The van der Waals surface area contributed by atoms with Gasteiger partial charge < -0.3 is 9.80 Å². The van der Waals surface area contributed by atoms with Crippen LogP contribution in [0.1, 0.15) is 37.6 Å². The Balaban J connectivity index is 1.57. The molecule has 0 spiro atoms. The van der Waals surface area contributed by atoms with E-state index in [-0.39, 0.29) is 23.8 Å². The van der Waals surface area contributed by atoms with Crippen LogP contribution in [0, 0.1) is 12.7 Å². The van der Waals surface area contributed by atoms with E-state index < -0.39 is 0 Å². The lowest BCUT2D eigenvalue weighted by atomic mass is 9.87. The number of rotatable bonds is 3. The maximum atomic E-state index is 14.8. The molecule has 0 radical (unpaired) electrons. The summed E-state index contributed by atoms with van der Waals surface area (Å²) in [6.45, 7) is 7.44. The Morgan fingerprint density at radius 1 is 1.17 bits per heavy atom. The summed E-state index contributed by atoms with van der Waals surface area (Å²) in [6, 6.07) is 2.39. The predicted molar refractivity (Wildman–Crippen MR) is 89.7 cm³/mol. The molecule has 0 amide bonds. The van der Waals surface area contributed by atoms with E-state index in [9.17, 15) is 4.39 Å². The third-order valence-electron chi connectivity index (χ3n) is 4.85. The fraction of sp³-hybridized carbons (Fsp3) is 0.529. The molecule has 2 bridgehead atoms. The van der Waals surface area contributed by atoms with Gasteiger partial charge in [0.1, 0.15) is 6.33 Å². The van der Waals surface area contributed by atoms with Crippen molar-refractivity contribution in [1.82, 2.24) is 19.9 Å². The van der Waals surface area contributed by atoms with E-state index in [0.29, 0.717) is 11.5 Å². The predicted octanol–water partition coefficient (Wildman–Crippen LogP) is 2.31. The van der Waals surface area contributed by atoms with Crippen LogP contribution in [-0.4, -0.2) is 45.1 Å². The first-order chi connectivity index (χ1) is 11.5. The third kappa shape index (κ3) is 2.39. The Bertz CT molecular complexity index is 752. The summed E-state index contributed by atoms with van der Waals surface area (Å²) in [5.74, 6) is 0.975. The second-order valence-corrected chi connectivity index (χ2v) is 6.90. The number of aryl methyl sites for hydroxylation is 1. The second-order valence-electron chi connectivity index (χ2n) is 6.90. The van der Waals surface area contributed by atoms with E-state index >= 15 is 0 Å². The van der Waals surface area contributed by atoms with Gasteiger partial charge in [-0.1, -0.05) is 13.8 Å². The van der Waals surface area contributed by atoms with Crippen LogP contribution in [0.25, 0.3) is 0 Å². The quantitative estimate of drug-likeness (QED) is 0.862. The van der Waals surface area contributed by atoms with Crippen molar-refractivity contribution in [3.63, 3.8) is 0 Å². The lowest BCUT2D eigenvalue weighted by Gasteiger charge is -2.56. The smallest absolute Gasteiger partial charge is 0.225 e. The summed E-state index contributed by atoms with van der Waals surface area (Å²) >= 11 is 0. The lowest BCUT2D eigenvalue weighted by Crippen LogP contribution is -2.70. The molecule has 126 valence electrons. The van der Waals surface area contributed by atoms with Crippen molar-refractivity contribution in [3.05, 3.63) is 35.8 Å². The van der Waals surface area contributed by atoms with Crippen LogP contribution < -0.4 is 9.80 Å². The summed E-state index contributed by atoms with van der Waals surface area (Å²) in [7, 11) is 0. The fourth-order valence-corrected chi connectivity index (χ4v) is 3.66. The Hall–Kier alpha value is -2.31. The number of piperidine rings is 1. The van der Waals surface area contributed by atoms with Crippen LogP contribution >= 0.6 is 0 Å². The SMILES string of the molecule is Cc1ccnc(N2CC3CC(C2)N3c2ncnc(C(C)C)c2F)n1. The molecule has 0 saturated carbocycles. The van der Waals surface area contributed by atoms with Gasteiger partial charge in [-0.05, 0) is 25.3 Å². The largest absolute Gasteiger partial charge is 0.344 e. The molecule has 2 aromatic rings. The molecule has 2 unspecified atom stereocenters. The van der Waals surface area contributed by atoms with Gasteiger partial charge in [0, 0.05) is 25.0 Å². The van der Waals surface area contributed by atoms with Gasteiger partial charge in [0.2, 0.25) is 5.95 Å². The van der Waals surface area contributed by atoms with Gasteiger partial charge in [-0.2, -0.15) is 0 Å². The highest BCUT2D eigenvalue weighted by atomic mass is 19.1. The average Bonchev–Trinajstić information content (AvgIpc) is 2.56. The number of fused-ring (bicyclic) bond motifs is 2. The minimum absolute atomic E-state index is 0.0464. The van der Waals surface area contributed by atoms with Gasteiger partial charge >= 0.3 is 0 Å². The molecule has 3 saturated heterocycles. The highest BCUT2D eigenvalue weighted by molar-refractivity contribution is 5.52. The number of piperazine rings is 1. The van der Waals surface area contributed by atoms with Gasteiger partial charge in [0.05, 0.1) is 17.8 Å². The Morgan fingerprint density at radius 3 is 2.58 bits per heavy atom. The maximum Gasteiger partial charge on any atom is 0.225 e. The Labute approximate surface area is 140 Å². The van der Waals surface area contributed by atoms with Crippen LogP contribution in [0.4, 0.5) is 16.2 Å².